The number of hydrogen-bond donors (Lipinski definition) is 1. The van der Waals surface area contributed by atoms with E-state index < -0.39 is 0 Å². The average Bonchev–Trinajstić information content (AvgIpc) is 2.65. The zero-order valence-electron chi connectivity index (χ0n) is 9.95. The molecule has 1 aromatic heterocycles. The van der Waals surface area contributed by atoms with Crippen molar-refractivity contribution in [3.05, 3.63) is 52.8 Å². The highest BCUT2D eigenvalue weighted by atomic mass is 35.5. The first kappa shape index (κ1) is 13.0. The third-order valence-corrected chi connectivity index (χ3v) is 3.05. The molecule has 3 nitrogen and oxygen atoms in total. The smallest absolute Gasteiger partial charge is 0.207 e. The van der Waals surface area contributed by atoms with Crippen LogP contribution in [0.15, 0.2) is 37.1 Å². The van der Waals surface area contributed by atoms with Gasteiger partial charge in [0, 0.05) is 12.7 Å². The molecule has 18 heavy (non-hydrogen) atoms. The summed E-state index contributed by atoms with van der Waals surface area (Å²) in [5.41, 5.74) is 1.58. The van der Waals surface area contributed by atoms with Gasteiger partial charge >= 0.3 is 0 Å². The molecule has 1 heterocycles. The van der Waals surface area contributed by atoms with E-state index in [1.807, 2.05) is 17.7 Å². The Bertz CT molecular complexity index is 555. The molecule has 0 saturated heterocycles. The summed E-state index contributed by atoms with van der Waals surface area (Å²) in [6, 6.07) is 5.37. The Hall–Kier alpha value is -1.45. The largest absolute Gasteiger partial charge is 0.323 e. The quantitative estimate of drug-likeness (QED) is 0.841. The second kappa shape index (κ2) is 5.46. The van der Waals surface area contributed by atoms with E-state index in [-0.39, 0.29) is 0 Å². The van der Waals surface area contributed by atoms with Gasteiger partial charge in [-0.05, 0) is 19.1 Å². The summed E-state index contributed by atoms with van der Waals surface area (Å²) in [4.78, 5) is 4.39. The molecule has 2 rings (SSSR count). The van der Waals surface area contributed by atoms with Gasteiger partial charge in [-0.15, -0.1) is 6.58 Å². The molecule has 0 aliphatic carbocycles. The zero-order valence-corrected chi connectivity index (χ0v) is 11.5. The summed E-state index contributed by atoms with van der Waals surface area (Å²) in [5, 5.41) is 4.28. The molecule has 0 saturated carbocycles. The van der Waals surface area contributed by atoms with E-state index in [0.717, 1.165) is 5.69 Å². The SMILES string of the molecule is C=CCn1cc(C)nc1Nc1c(Cl)cccc1Cl. The highest BCUT2D eigenvalue weighted by Crippen LogP contribution is 2.32. The molecular formula is C13H13Cl2N3. The number of hydrogen-bond acceptors (Lipinski definition) is 2. The molecule has 0 atom stereocenters. The fraction of sp³-hybridized carbons (Fsp3) is 0.154. The van der Waals surface area contributed by atoms with Gasteiger partial charge < -0.3 is 9.88 Å². The summed E-state index contributed by atoms with van der Waals surface area (Å²) in [5.74, 6) is 0.697. The summed E-state index contributed by atoms with van der Waals surface area (Å²) < 4.78 is 1.95. The highest BCUT2D eigenvalue weighted by Gasteiger charge is 2.10. The lowest BCUT2D eigenvalue weighted by Gasteiger charge is -2.10. The van der Waals surface area contributed by atoms with Gasteiger partial charge in [-0.1, -0.05) is 35.3 Å². The number of imidazole rings is 1. The minimum atomic E-state index is 0.563. The van der Waals surface area contributed by atoms with E-state index in [0.29, 0.717) is 28.2 Å². The van der Waals surface area contributed by atoms with E-state index >= 15 is 0 Å². The van der Waals surface area contributed by atoms with Gasteiger partial charge in [0.1, 0.15) is 0 Å². The van der Waals surface area contributed by atoms with Crippen LogP contribution in [0.4, 0.5) is 11.6 Å². The molecule has 0 fully saturated rings. The predicted molar refractivity (Wildman–Crippen MR) is 76.9 cm³/mol. The fourth-order valence-corrected chi connectivity index (χ4v) is 2.15. The van der Waals surface area contributed by atoms with Crippen molar-refractivity contribution >= 4 is 34.8 Å². The van der Waals surface area contributed by atoms with Gasteiger partial charge in [-0.25, -0.2) is 4.98 Å². The minimum Gasteiger partial charge on any atom is -0.323 e. The molecule has 0 spiro atoms. The molecule has 0 unspecified atom stereocenters. The summed E-state index contributed by atoms with van der Waals surface area (Å²) in [6.07, 6.45) is 3.75. The van der Waals surface area contributed by atoms with Crippen LogP contribution in [0.25, 0.3) is 0 Å². The first-order chi connectivity index (χ1) is 8.61. The molecule has 0 radical (unpaired) electrons. The van der Waals surface area contributed by atoms with Crippen LogP contribution in [0.5, 0.6) is 0 Å². The Labute approximate surface area is 116 Å². The molecule has 1 aromatic carbocycles. The van der Waals surface area contributed by atoms with Gasteiger partial charge in [0.2, 0.25) is 5.95 Å². The fourth-order valence-electron chi connectivity index (χ4n) is 1.65. The summed E-state index contributed by atoms with van der Waals surface area (Å²) in [6.45, 7) is 6.32. The Morgan fingerprint density at radius 3 is 2.67 bits per heavy atom. The first-order valence-corrected chi connectivity index (χ1v) is 6.23. The number of nitrogens with one attached hydrogen (secondary N) is 1. The molecule has 0 amide bonds. The lowest BCUT2D eigenvalue weighted by atomic mass is 10.3. The standard InChI is InChI=1S/C13H13Cl2N3/c1-3-7-18-8-9(2)16-13(18)17-12-10(14)5-4-6-11(12)15/h3-6,8H,1,7H2,2H3,(H,16,17). The van der Waals surface area contributed by atoms with E-state index in [4.69, 9.17) is 23.2 Å². The number of aryl methyl sites for hydroxylation is 1. The third kappa shape index (κ3) is 2.68. The van der Waals surface area contributed by atoms with Crippen LogP contribution in [0, 0.1) is 6.92 Å². The maximum absolute atomic E-state index is 6.11. The Balaban J connectivity index is 2.36. The average molecular weight is 282 g/mol. The zero-order chi connectivity index (χ0) is 13.1. The van der Waals surface area contributed by atoms with Gasteiger partial charge in [0.15, 0.2) is 0 Å². The number of anilines is 2. The van der Waals surface area contributed by atoms with Crippen molar-refractivity contribution < 1.29 is 0 Å². The van der Waals surface area contributed by atoms with Crippen molar-refractivity contribution in [1.82, 2.24) is 9.55 Å². The maximum atomic E-state index is 6.11. The van der Waals surface area contributed by atoms with E-state index in [1.54, 1.807) is 24.3 Å². The second-order valence-electron chi connectivity index (χ2n) is 3.87. The van der Waals surface area contributed by atoms with E-state index in [2.05, 4.69) is 16.9 Å². The molecule has 94 valence electrons. The van der Waals surface area contributed by atoms with Crippen LogP contribution in [0.2, 0.25) is 10.0 Å². The lowest BCUT2D eigenvalue weighted by Crippen LogP contribution is -2.02. The normalized spacial score (nSPS) is 10.4. The van der Waals surface area contributed by atoms with Crippen LogP contribution >= 0.6 is 23.2 Å². The van der Waals surface area contributed by atoms with Crippen molar-refractivity contribution in [2.75, 3.05) is 5.32 Å². The molecule has 5 heteroatoms. The second-order valence-corrected chi connectivity index (χ2v) is 4.68. The monoisotopic (exact) mass is 281 g/mol. The van der Waals surface area contributed by atoms with Crippen molar-refractivity contribution in [2.24, 2.45) is 0 Å². The van der Waals surface area contributed by atoms with Gasteiger partial charge in [-0.2, -0.15) is 0 Å². The predicted octanol–water partition coefficient (Wildman–Crippen LogP) is 4.43. The number of benzene rings is 1. The highest BCUT2D eigenvalue weighted by molar-refractivity contribution is 6.39. The van der Waals surface area contributed by atoms with Crippen molar-refractivity contribution in [3.8, 4) is 0 Å². The third-order valence-electron chi connectivity index (χ3n) is 2.42. The minimum absolute atomic E-state index is 0.563. The Kier molecular flexibility index (Phi) is 3.94. The van der Waals surface area contributed by atoms with E-state index in [9.17, 15) is 0 Å². The van der Waals surface area contributed by atoms with Crippen molar-refractivity contribution in [2.45, 2.75) is 13.5 Å². The summed E-state index contributed by atoms with van der Waals surface area (Å²) >= 11 is 12.2. The van der Waals surface area contributed by atoms with Gasteiger partial charge in [0.05, 0.1) is 21.4 Å². The summed E-state index contributed by atoms with van der Waals surface area (Å²) in [7, 11) is 0. The van der Waals surface area contributed by atoms with Crippen LogP contribution in [0.3, 0.4) is 0 Å². The Morgan fingerprint density at radius 2 is 2.06 bits per heavy atom. The molecule has 0 aliphatic rings. The van der Waals surface area contributed by atoms with Crippen molar-refractivity contribution in [3.63, 3.8) is 0 Å². The van der Waals surface area contributed by atoms with Gasteiger partial charge in [0.25, 0.3) is 0 Å². The molecule has 0 bridgehead atoms. The number of halogens is 2. The molecule has 1 N–H and O–H groups in total. The number of allylic oxidation sites excluding steroid dienone is 1. The van der Waals surface area contributed by atoms with Crippen LogP contribution < -0.4 is 5.32 Å². The van der Waals surface area contributed by atoms with Gasteiger partial charge in [-0.3, -0.25) is 0 Å². The van der Waals surface area contributed by atoms with Crippen molar-refractivity contribution in [1.29, 1.82) is 0 Å². The van der Waals surface area contributed by atoms with Crippen LogP contribution in [-0.2, 0) is 6.54 Å². The number of rotatable bonds is 4. The topological polar surface area (TPSA) is 29.9 Å². The lowest BCUT2D eigenvalue weighted by molar-refractivity contribution is 0.832. The molecule has 2 aromatic rings. The number of aromatic nitrogens is 2. The van der Waals surface area contributed by atoms with E-state index in [1.165, 1.54) is 0 Å². The molecule has 0 aliphatic heterocycles. The van der Waals surface area contributed by atoms with Crippen LogP contribution in [0.1, 0.15) is 5.69 Å². The maximum Gasteiger partial charge on any atom is 0.207 e. The Morgan fingerprint density at radius 1 is 1.39 bits per heavy atom. The van der Waals surface area contributed by atoms with Crippen LogP contribution in [-0.4, -0.2) is 9.55 Å². The number of para-hydroxylation sites is 1. The molecular weight excluding hydrogens is 269 g/mol. The number of nitrogens with zero attached hydrogens (tertiary/aromatic N) is 2. The first-order valence-electron chi connectivity index (χ1n) is 5.47.